The van der Waals surface area contributed by atoms with E-state index in [1.165, 1.54) is 12.0 Å². The predicted molar refractivity (Wildman–Crippen MR) is 68.7 cm³/mol. The third kappa shape index (κ3) is 1.47. The fraction of sp³-hybridized carbons (Fsp3) is 0.533. The topological polar surface area (TPSA) is 33.1 Å². The van der Waals surface area contributed by atoms with E-state index >= 15 is 0 Å². The monoisotopic (exact) mass is 229 g/mol. The Morgan fingerprint density at radius 3 is 2.94 bits per heavy atom. The normalized spacial score (nSPS) is 35.9. The Kier molecular flexibility index (Phi) is 2.37. The molecule has 1 heterocycles. The molecule has 0 saturated heterocycles. The zero-order chi connectivity index (χ0) is 11.9. The first kappa shape index (κ1) is 11.0. The van der Waals surface area contributed by atoms with Crippen LogP contribution in [-0.4, -0.2) is 15.7 Å². The van der Waals surface area contributed by atoms with Crippen LogP contribution in [0.25, 0.3) is 6.08 Å². The fourth-order valence-corrected chi connectivity index (χ4v) is 3.54. The molecular formula is C15H19NO. The van der Waals surface area contributed by atoms with Crippen LogP contribution in [0.5, 0.6) is 0 Å². The lowest BCUT2D eigenvalue weighted by Crippen LogP contribution is -2.53. The van der Waals surface area contributed by atoms with Gasteiger partial charge in [-0.2, -0.15) is 0 Å². The molecular weight excluding hydrogens is 210 g/mol. The zero-order valence-corrected chi connectivity index (χ0v) is 10.3. The van der Waals surface area contributed by atoms with Crippen molar-refractivity contribution in [3.8, 4) is 0 Å². The van der Waals surface area contributed by atoms with Crippen LogP contribution in [0.1, 0.15) is 50.3 Å². The van der Waals surface area contributed by atoms with Crippen molar-refractivity contribution in [1.29, 1.82) is 0 Å². The number of nitrogens with zero attached hydrogens (tertiary/aromatic N) is 1. The van der Waals surface area contributed by atoms with Crippen molar-refractivity contribution in [2.75, 3.05) is 0 Å². The summed E-state index contributed by atoms with van der Waals surface area (Å²) in [7, 11) is 0. The molecule has 3 rings (SSSR count). The summed E-state index contributed by atoms with van der Waals surface area (Å²) in [5, 5.41) is 10.8. The van der Waals surface area contributed by atoms with Gasteiger partial charge in [-0.05, 0) is 37.8 Å². The molecule has 1 aromatic rings. The SMILES string of the molecule is C[C@@]1(O)CCCC[C@@]12CC=Cc1cccnc12. The quantitative estimate of drug-likeness (QED) is 0.741. The van der Waals surface area contributed by atoms with E-state index in [0.717, 1.165) is 31.4 Å². The molecule has 2 aliphatic rings. The molecule has 1 spiro atoms. The maximum absolute atomic E-state index is 10.8. The highest BCUT2D eigenvalue weighted by Gasteiger charge is 2.51. The van der Waals surface area contributed by atoms with E-state index in [2.05, 4.69) is 23.2 Å². The van der Waals surface area contributed by atoms with E-state index in [1.807, 2.05) is 19.2 Å². The van der Waals surface area contributed by atoms with E-state index in [9.17, 15) is 5.11 Å². The van der Waals surface area contributed by atoms with E-state index in [1.54, 1.807) is 0 Å². The number of rotatable bonds is 0. The summed E-state index contributed by atoms with van der Waals surface area (Å²) < 4.78 is 0. The molecule has 2 nitrogen and oxygen atoms in total. The van der Waals surface area contributed by atoms with Crippen molar-refractivity contribution in [2.24, 2.45) is 0 Å². The summed E-state index contributed by atoms with van der Waals surface area (Å²) in [6.45, 7) is 1.99. The number of pyridine rings is 1. The van der Waals surface area contributed by atoms with Gasteiger partial charge in [0.15, 0.2) is 0 Å². The van der Waals surface area contributed by atoms with E-state index in [-0.39, 0.29) is 5.41 Å². The molecule has 2 atom stereocenters. The fourth-order valence-electron chi connectivity index (χ4n) is 3.54. The second kappa shape index (κ2) is 3.67. The van der Waals surface area contributed by atoms with Crippen LogP contribution in [0.3, 0.4) is 0 Å². The third-order valence-corrected chi connectivity index (χ3v) is 4.60. The van der Waals surface area contributed by atoms with Crippen molar-refractivity contribution >= 4 is 6.08 Å². The number of allylic oxidation sites excluding steroid dienone is 1. The number of fused-ring (bicyclic) bond motifs is 2. The minimum Gasteiger partial charge on any atom is -0.389 e. The van der Waals surface area contributed by atoms with E-state index in [4.69, 9.17) is 0 Å². The van der Waals surface area contributed by atoms with Gasteiger partial charge in [-0.3, -0.25) is 4.98 Å². The molecule has 2 heteroatoms. The Morgan fingerprint density at radius 1 is 1.29 bits per heavy atom. The third-order valence-electron chi connectivity index (χ3n) is 4.60. The average Bonchev–Trinajstić information content (AvgIpc) is 2.33. The van der Waals surface area contributed by atoms with Crippen molar-refractivity contribution in [2.45, 2.75) is 50.0 Å². The van der Waals surface area contributed by atoms with Crippen molar-refractivity contribution in [3.63, 3.8) is 0 Å². The molecule has 0 aliphatic heterocycles. The average molecular weight is 229 g/mol. The molecule has 0 unspecified atom stereocenters. The molecule has 1 N–H and O–H groups in total. The van der Waals surface area contributed by atoms with Gasteiger partial charge in [0.25, 0.3) is 0 Å². The summed E-state index contributed by atoms with van der Waals surface area (Å²) >= 11 is 0. The van der Waals surface area contributed by atoms with E-state index in [0.29, 0.717) is 0 Å². The van der Waals surface area contributed by atoms with E-state index < -0.39 is 5.60 Å². The number of hydrogen-bond donors (Lipinski definition) is 1. The standard InChI is InChI=1S/C15H19NO/c1-14(17)8-2-3-9-15(14)10-4-6-12-7-5-11-16-13(12)15/h4-7,11,17H,2-3,8-10H2,1H3/t14-,15+/m1/s1. The van der Waals surface area contributed by atoms with Crippen molar-refractivity contribution in [1.82, 2.24) is 4.98 Å². The van der Waals surface area contributed by atoms with Crippen LogP contribution in [0.4, 0.5) is 0 Å². The van der Waals surface area contributed by atoms with Crippen LogP contribution >= 0.6 is 0 Å². The molecule has 2 aliphatic carbocycles. The Morgan fingerprint density at radius 2 is 2.12 bits per heavy atom. The zero-order valence-electron chi connectivity index (χ0n) is 10.3. The molecule has 0 aromatic carbocycles. The van der Waals surface area contributed by atoms with Crippen LogP contribution < -0.4 is 0 Å². The molecule has 90 valence electrons. The number of hydrogen-bond acceptors (Lipinski definition) is 2. The van der Waals surface area contributed by atoms with Crippen LogP contribution in [0, 0.1) is 0 Å². The van der Waals surface area contributed by atoms with Gasteiger partial charge in [0, 0.05) is 11.6 Å². The molecule has 1 fully saturated rings. The Balaban J connectivity index is 2.17. The van der Waals surface area contributed by atoms with Gasteiger partial charge in [-0.1, -0.05) is 31.1 Å². The van der Waals surface area contributed by atoms with Crippen LogP contribution in [0.15, 0.2) is 24.4 Å². The Bertz CT molecular complexity index is 464. The highest BCUT2D eigenvalue weighted by molar-refractivity contribution is 5.58. The summed E-state index contributed by atoms with van der Waals surface area (Å²) in [5.41, 5.74) is 1.50. The predicted octanol–water partition coefficient (Wildman–Crippen LogP) is 3.06. The molecule has 0 radical (unpaired) electrons. The summed E-state index contributed by atoms with van der Waals surface area (Å²) in [5.74, 6) is 0. The van der Waals surface area contributed by atoms with Gasteiger partial charge in [-0.15, -0.1) is 0 Å². The lowest BCUT2D eigenvalue weighted by molar-refractivity contribution is -0.0568. The summed E-state index contributed by atoms with van der Waals surface area (Å²) in [6.07, 6.45) is 11.4. The van der Waals surface area contributed by atoms with Crippen molar-refractivity contribution in [3.05, 3.63) is 35.7 Å². The van der Waals surface area contributed by atoms with Gasteiger partial charge in [-0.25, -0.2) is 0 Å². The van der Waals surface area contributed by atoms with Crippen molar-refractivity contribution < 1.29 is 5.11 Å². The minimum atomic E-state index is -0.626. The molecule has 17 heavy (non-hydrogen) atoms. The van der Waals surface area contributed by atoms with Gasteiger partial charge >= 0.3 is 0 Å². The lowest BCUT2D eigenvalue weighted by atomic mass is 9.58. The lowest BCUT2D eigenvalue weighted by Gasteiger charge is -2.49. The number of aliphatic hydroxyl groups is 1. The Hall–Kier alpha value is -1.15. The van der Waals surface area contributed by atoms with Crippen LogP contribution in [0.2, 0.25) is 0 Å². The van der Waals surface area contributed by atoms with Gasteiger partial charge in [0.05, 0.1) is 11.3 Å². The van der Waals surface area contributed by atoms with Gasteiger partial charge < -0.3 is 5.11 Å². The molecule has 0 bridgehead atoms. The largest absolute Gasteiger partial charge is 0.389 e. The van der Waals surface area contributed by atoms with Gasteiger partial charge in [0.1, 0.15) is 0 Å². The maximum atomic E-state index is 10.8. The second-order valence-corrected chi connectivity index (χ2v) is 5.61. The maximum Gasteiger partial charge on any atom is 0.0734 e. The first-order valence-corrected chi connectivity index (χ1v) is 6.50. The molecule has 1 saturated carbocycles. The molecule has 1 aromatic heterocycles. The minimum absolute atomic E-state index is 0.156. The highest BCUT2D eigenvalue weighted by Crippen LogP contribution is 2.50. The first-order chi connectivity index (χ1) is 8.16. The summed E-state index contributed by atoms with van der Waals surface area (Å²) in [6, 6.07) is 4.07. The summed E-state index contributed by atoms with van der Waals surface area (Å²) in [4.78, 5) is 4.58. The van der Waals surface area contributed by atoms with Gasteiger partial charge in [0.2, 0.25) is 0 Å². The Labute approximate surface area is 102 Å². The molecule has 0 amide bonds. The van der Waals surface area contributed by atoms with Crippen LogP contribution in [-0.2, 0) is 5.41 Å². The highest BCUT2D eigenvalue weighted by atomic mass is 16.3. The number of aromatic nitrogens is 1. The first-order valence-electron chi connectivity index (χ1n) is 6.50. The second-order valence-electron chi connectivity index (χ2n) is 5.61. The smallest absolute Gasteiger partial charge is 0.0734 e.